The van der Waals surface area contributed by atoms with Gasteiger partial charge in [0.05, 0.1) is 11.7 Å². The van der Waals surface area contributed by atoms with Gasteiger partial charge in [-0.2, -0.15) is 28.6 Å². The summed E-state index contributed by atoms with van der Waals surface area (Å²) in [5.41, 5.74) is 4.27. The monoisotopic (exact) mass is 300 g/mol. The molecule has 3 atom stereocenters. The predicted molar refractivity (Wildman–Crippen MR) is 85.4 cm³/mol. The zero-order chi connectivity index (χ0) is 13.7. The van der Waals surface area contributed by atoms with Crippen molar-refractivity contribution >= 4 is 23.5 Å². The molecule has 0 saturated carbocycles. The van der Waals surface area contributed by atoms with Crippen LogP contribution in [0, 0.1) is 0 Å². The molecule has 1 saturated heterocycles. The number of nitrogens with one attached hydrogen (secondary N) is 1. The third kappa shape index (κ3) is 3.48. The van der Waals surface area contributed by atoms with Gasteiger partial charge in [-0.25, -0.2) is 0 Å². The first-order valence-corrected chi connectivity index (χ1v) is 9.12. The van der Waals surface area contributed by atoms with Crippen molar-refractivity contribution in [2.75, 3.05) is 11.5 Å². The fourth-order valence-electron chi connectivity index (χ4n) is 2.60. The van der Waals surface area contributed by atoms with Gasteiger partial charge in [-0.15, -0.1) is 0 Å². The van der Waals surface area contributed by atoms with Gasteiger partial charge < -0.3 is 0 Å². The first-order chi connectivity index (χ1) is 9.31. The summed E-state index contributed by atoms with van der Waals surface area (Å²) in [7, 11) is 0. The van der Waals surface area contributed by atoms with E-state index in [0.29, 0.717) is 10.5 Å². The number of rotatable bonds is 6. The molecule has 3 N–H and O–H groups in total. The minimum Gasteiger partial charge on any atom is -0.271 e. The van der Waals surface area contributed by atoms with Crippen LogP contribution in [-0.2, 0) is 6.54 Å². The number of aryl methyl sites for hydroxylation is 1. The van der Waals surface area contributed by atoms with Crippen molar-refractivity contribution in [1.82, 2.24) is 15.2 Å². The molecule has 3 unspecified atom stereocenters. The van der Waals surface area contributed by atoms with Crippen molar-refractivity contribution in [1.29, 1.82) is 0 Å². The maximum Gasteiger partial charge on any atom is 0.0758 e. The summed E-state index contributed by atoms with van der Waals surface area (Å²) in [5, 5.41) is 5.63. The van der Waals surface area contributed by atoms with Crippen molar-refractivity contribution < 1.29 is 0 Å². The van der Waals surface area contributed by atoms with Gasteiger partial charge in [0.25, 0.3) is 0 Å². The lowest BCUT2D eigenvalue weighted by molar-refractivity contribution is 0.458. The molecule has 0 amide bonds. The highest BCUT2D eigenvalue weighted by Gasteiger charge is 2.34. The third-order valence-corrected chi connectivity index (χ3v) is 6.86. The highest BCUT2D eigenvalue weighted by atomic mass is 32.2. The molecule has 108 valence electrons. The minimum absolute atomic E-state index is 0.191. The Balaban J connectivity index is 2.19. The van der Waals surface area contributed by atoms with Crippen molar-refractivity contribution in [2.45, 2.75) is 49.8 Å². The van der Waals surface area contributed by atoms with E-state index in [9.17, 15) is 0 Å². The lowest BCUT2D eigenvalue weighted by Gasteiger charge is -2.35. The molecular formula is C13H24N4S2. The van der Waals surface area contributed by atoms with Crippen molar-refractivity contribution in [3.63, 3.8) is 0 Å². The van der Waals surface area contributed by atoms with Crippen LogP contribution in [0.3, 0.4) is 0 Å². The van der Waals surface area contributed by atoms with Gasteiger partial charge in [-0.05, 0) is 18.9 Å². The number of nitrogens with zero attached hydrogens (tertiary/aromatic N) is 2. The van der Waals surface area contributed by atoms with E-state index in [4.69, 9.17) is 5.84 Å². The van der Waals surface area contributed by atoms with Gasteiger partial charge in [0.1, 0.15) is 0 Å². The van der Waals surface area contributed by atoms with E-state index in [1.165, 1.54) is 23.6 Å². The van der Waals surface area contributed by atoms with Crippen LogP contribution < -0.4 is 11.3 Å². The van der Waals surface area contributed by atoms with Gasteiger partial charge >= 0.3 is 0 Å². The molecule has 2 heterocycles. The quantitative estimate of drug-likeness (QED) is 0.624. The zero-order valence-corrected chi connectivity index (χ0v) is 13.3. The number of aromatic nitrogens is 2. The molecular weight excluding hydrogens is 276 g/mol. The summed E-state index contributed by atoms with van der Waals surface area (Å²) in [6, 6.07) is 2.30. The van der Waals surface area contributed by atoms with Crippen LogP contribution in [0.1, 0.15) is 38.4 Å². The van der Waals surface area contributed by atoms with E-state index in [-0.39, 0.29) is 6.04 Å². The molecule has 1 aromatic heterocycles. The molecule has 0 bridgehead atoms. The lowest BCUT2D eigenvalue weighted by Crippen LogP contribution is -2.42. The van der Waals surface area contributed by atoms with E-state index in [1.54, 1.807) is 0 Å². The van der Waals surface area contributed by atoms with Gasteiger partial charge in [-0.1, -0.05) is 13.8 Å². The normalized spacial score (nSPS) is 25.4. The fourth-order valence-corrected chi connectivity index (χ4v) is 5.82. The second-order valence-electron chi connectivity index (χ2n) is 4.78. The summed E-state index contributed by atoms with van der Waals surface area (Å²) in [6.07, 6.45) is 4.18. The standard InChI is InChI=1S/C13H24N4S2/c1-3-7-17-10(5-6-15-17)12(16-14)13-11(4-2)18-8-9-19-13/h5-6,11-13,16H,3-4,7-9,14H2,1-2H3. The zero-order valence-electron chi connectivity index (χ0n) is 11.7. The molecule has 1 aliphatic rings. The minimum atomic E-state index is 0.191. The Morgan fingerprint density at radius 1 is 1.47 bits per heavy atom. The molecule has 1 fully saturated rings. The summed E-state index contributed by atoms with van der Waals surface area (Å²) < 4.78 is 2.09. The van der Waals surface area contributed by atoms with Gasteiger partial charge in [0, 0.05) is 34.7 Å². The summed E-state index contributed by atoms with van der Waals surface area (Å²) >= 11 is 4.13. The molecule has 1 aromatic rings. The summed E-state index contributed by atoms with van der Waals surface area (Å²) in [4.78, 5) is 0. The molecule has 0 radical (unpaired) electrons. The van der Waals surface area contributed by atoms with Crippen LogP contribution in [0.5, 0.6) is 0 Å². The molecule has 4 nitrogen and oxygen atoms in total. The van der Waals surface area contributed by atoms with Gasteiger partial charge in [0.2, 0.25) is 0 Å². The topological polar surface area (TPSA) is 55.9 Å². The number of nitrogens with two attached hydrogens (primary N) is 1. The van der Waals surface area contributed by atoms with Crippen molar-refractivity contribution in [3.05, 3.63) is 18.0 Å². The highest BCUT2D eigenvalue weighted by molar-refractivity contribution is 8.07. The van der Waals surface area contributed by atoms with Crippen LogP contribution in [0.2, 0.25) is 0 Å². The van der Waals surface area contributed by atoms with Crippen LogP contribution in [0.4, 0.5) is 0 Å². The van der Waals surface area contributed by atoms with E-state index in [0.717, 1.165) is 13.0 Å². The Hall–Kier alpha value is -0.170. The maximum absolute atomic E-state index is 5.86. The molecule has 0 spiro atoms. The van der Waals surface area contributed by atoms with Gasteiger partial charge in [-0.3, -0.25) is 16.0 Å². The second kappa shape index (κ2) is 7.57. The van der Waals surface area contributed by atoms with Crippen molar-refractivity contribution in [3.8, 4) is 0 Å². The Kier molecular flexibility index (Phi) is 6.06. The van der Waals surface area contributed by atoms with E-state index < -0.39 is 0 Å². The number of hydrogen-bond donors (Lipinski definition) is 2. The second-order valence-corrected chi connectivity index (χ2v) is 7.41. The molecule has 19 heavy (non-hydrogen) atoms. The molecule has 1 aliphatic heterocycles. The van der Waals surface area contributed by atoms with E-state index in [2.05, 4.69) is 46.9 Å². The number of hydrogen-bond acceptors (Lipinski definition) is 5. The first kappa shape index (κ1) is 15.2. The fraction of sp³-hybridized carbons (Fsp3) is 0.769. The number of hydrazine groups is 1. The highest BCUT2D eigenvalue weighted by Crippen LogP contribution is 2.39. The molecule has 0 aliphatic carbocycles. The maximum atomic E-state index is 5.86. The van der Waals surface area contributed by atoms with Gasteiger partial charge in [0.15, 0.2) is 0 Å². The summed E-state index contributed by atoms with van der Waals surface area (Å²) in [6.45, 7) is 5.41. The predicted octanol–water partition coefficient (Wildman–Crippen LogP) is 2.42. The van der Waals surface area contributed by atoms with Crippen LogP contribution in [-0.4, -0.2) is 31.8 Å². The molecule has 6 heteroatoms. The van der Waals surface area contributed by atoms with Crippen LogP contribution in [0.15, 0.2) is 12.3 Å². The third-order valence-electron chi connectivity index (χ3n) is 3.51. The Bertz CT molecular complexity index is 382. The Morgan fingerprint density at radius 2 is 2.26 bits per heavy atom. The van der Waals surface area contributed by atoms with Crippen LogP contribution in [0.25, 0.3) is 0 Å². The molecule has 0 aromatic carbocycles. The van der Waals surface area contributed by atoms with Crippen molar-refractivity contribution in [2.24, 2.45) is 5.84 Å². The average molecular weight is 300 g/mol. The van der Waals surface area contributed by atoms with E-state index in [1.807, 2.05) is 18.0 Å². The summed E-state index contributed by atoms with van der Waals surface area (Å²) in [5.74, 6) is 8.33. The van der Waals surface area contributed by atoms with Crippen LogP contribution >= 0.6 is 23.5 Å². The lowest BCUT2D eigenvalue weighted by atomic mass is 10.1. The first-order valence-electron chi connectivity index (χ1n) is 7.02. The largest absolute Gasteiger partial charge is 0.271 e. The van der Waals surface area contributed by atoms with E-state index >= 15 is 0 Å². The SMILES string of the molecule is CCCn1nccc1C(NN)C1SCCSC1CC. The Morgan fingerprint density at radius 3 is 2.95 bits per heavy atom. The molecule has 2 rings (SSSR count). The average Bonchev–Trinajstić information content (AvgIpc) is 2.89. The smallest absolute Gasteiger partial charge is 0.0758 e. The number of thioether (sulfide) groups is 2. The Labute approximate surface area is 124 Å².